The predicted molar refractivity (Wildman–Crippen MR) is 131 cm³/mol. The number of carbonyl (C=O) groups excluding carboxylic acids is 1. The van der Waals surface area contributed by atoms with Crippen molar-refractivity contribution in [1.82, 2.24) is 24.0 Å². The first-order valence-corrected chi connectivity index (χ1v) is 12.1. The number of amides is 1. The van der Waals surface area contributed by atoms with Crippen LogP contribution < -0.4 is 16.6 Å². The SMILES string of the molecule is COCCn1cnc2c1c(=O)n(CC(=O)NC(C)CCC1CCCO1)c(=O)n2Cc1ccccc1. The Balaban J connectivity index is 1.61. The van der Waals surface area contributed by atoms with Crippen LogP contribution in [0.3, 0.4) is 0 Å². The number of rotatable bonds is 11. The minimum absolute atomic E-state index is 0.0927. The van der Waals surface area contributed by atoms with Crippen molar-refractivity contribution < 1.29 is 14.3 Å². The number of hydrogen-bond donors (Lipinski definition) is 1. The van der Waals surface area contributed by atoms with Crippen LogP contribution in [-0.2, 0) is 33.9 Å². The summed E-state index contributed by atoms with van der Waals surface area (Å²) in [5, 5.41) is 2.92. The summed E-state index contributed by atoms with van der Waals surface area (Å²) in [5.74, 6) is -0.377. The van der Waals surface area contributed by atoms with Gasteiger partial charge in [-0.2, -0.15) is 0 Å². The van der Waals surface area contributed by atoms with Crippen LogP contribution in [0.2, 0.25) is 0 Å². The van der Waals surface area contributed by atoms with Gasteiger partial charge >= 0.3 is 5.69 Å². The molecular formula is C25H33N5O5. The molecule has 3 aromatic rings. The normalized spacial score (nSPS) is 16.6. The fourth-order valence-electron chi connectivity index (χ4n) is 4.49. The minimum atomic E-state index is -0.564. The van der Waals surface area contributed by atoms with Crippen LogP contribution in [0.25, 0.3) is 11.2 Å². The summed E-state index contributed by atoms with van der Waals surface area (Å²) in [7, 11) is 1.58. The Morgan fingerprint density at radius 3 is 2.77 bits per heavy atom. The molecule has 1 saturated heterocycles. The van der Waals surface area contributed by atoms with Gasteiger partial charge in [-0.05, 0) is 38.2 Å². The third kappa shape index (κ3) is 5.88. The fraction of sp³-hybridized carbons (Fsp3) is 0.520. The second-order valence-corrected chi connectivity index (χ2v) is 9.03. The van der Waals surface area contributed by atoms with E-state index in [4.69, 9.17) is 9.47 Å². The van der Waals surface area contributed by atoms with Crippen molar-refractivity contribution in [2.24, 2.45) is 0 Å². The summed E-state index contributed by atoms with van der Waals surface area (Å²) >= 11 is 0. The third-order valence-electron chi connectivity index (χ3n) is 6.36. The van der Waals surface area contributed by atoms with Gasteiger partial charge in [-0.3, -0.25) is 14.2 Å². The summed E-state index contributed by atoms with van der Waals surface area (Å²) in [6.45, 7) is 3.38. The Hall–Kier alpha value is -3.24. The van der Waals surface area contributed by atoms with Crippen molar-refractivity contribution in [2.45, 2.75) is 64.4 Å². The fourth-order valence-corrected chi connectivity index (χ4v) is 4.49. The molecule has 2 atom stereocenters. The topological polar surface area (TPSA) is 109 Å². The van der Waals surface area contributed by atoms with Crippen LogP contribution in [0.1, 0.15) is 38.2 Å². The monoisotopic (exact) mass is 483 g/mol. The number of carbonyl (C=O) groups is 1. The standard InChI is InChI=1S/C25H33N5O5/c1-18(10-11-20-9-6-13-35-20)27-21(31)16-30-24(32)22-23(26-17-28(22)12-14-34-2)29(25(30)33)15-19-7-4-3-5-8-19/h3-5,7-8,17-18,20H,6,9-16H2,1-2H3,(H,27,31). The average molecular weight is 484 g/mol. The number of ether oxygens (including phenoxy) is 2. The molecule has 2 unspecified atom stereocenters. The lowest BCUT2D eigenvalue weighted by Crippen LogP contribution is -2.45. The van der Waals surface area contributed by atoms with Crippen molar-refractivity contribution in [1.29, 1.82) is 0 Å². The first kappa shape index (κ1) is 24.9. The van der Waals surface area contributed by atoms with E-state index >= 15 is 0 Å². The van der Waals surface area contributed by atoms with E-state index in [1.807, 2.05) is 37.3 Å². The van der Waals surface area contributed by atoms with E-state index in [0.29, 0.717) is 18.8 Å². The molecule has 10 nitrogen and oxygen atoms in total. The average Bonchev–Trinajstić information content (AvgIpc) is 3.53. The highest BCUT2D eigenvalue weighted by Gasteiger charge is 2.21. The van der Waals surface area contributed by atoms with Gasteiger partial charge in [-0.15, -0.1) is 0 Å². The van der Waals surface area contributed by atoms with E-state index in [1.54, 1.807) is 11.7 Å². The van der Waals surface area contributed by atoms with E-state index in [0.717, 1.165) is 42.4 Å². The number of aromatic nitrogens is 4. The molecule has 0 spiro atoms. The van der Waals surface area contributed by atoms with Crippen LogP contribution in [0.15, 0.2) is 46.2 Å². The molecule has 10 heteroatoms. The lowest BCUT2D eigenvalue weighted by atomic mass is 10.1. The number of fused-ring (bicyclic) bond motifs is 1. The molecule has 0 bridgehead atoms. The molecule has 188 valence electrons. The number of hydrogen-bond acceptors (Lipinski definition) is 6. The quantitative estimate of drug-likeness (QED) is 0.443. The second kappa shape index (κ2) is 11.5. The van der Waals surface area contributed by atoms with Gasteiger partial charge in [0.2, 0.25) is 5.91 Å². The Bertz CT molecular complexity index is 1260. The molecule has 0 aliphatic carbocycles. The summed E-state index contributed by atoms with van der Waals surface area (Å²) < 4.78 is 14.9. The molecule has 0 saturated carbocycles. The molecule has 1 fully saturated rings. The lowest BCUT2D eigenvalue weighted by molar-refractivity contribution is -0.122. The van der Waals surface area contributed by atoms with Gasteiger partial charge in [0, 0.05) is 26.3 Å². The maximum absolute atomic E-state index is 13.4. The van der Waals surface area contributed by atoms with Crippen LogP contribution in [0.4, 0.5) is 0 Å². The van der Waals surface area contributed by atoms with Gasteiger partial charge in [-0.1, -0.05) is 30.3 Å². The number of benzene rings is 1. The molecule has 3 heterocycles. The highest BCUT2D eigenvalue weighted by molar-refractivity contribution is 5.77. The molecule has 1 N–H and O–H groups in total. The Labute approximate surface area is 203 Å². The molecule has 1 amide bonds. The van der Waals surface area contributed by atoms with Gasteiger partial charge in [0.05, 0.1) is 25.6 Å². The predicted octanol–water partition coefficient (Wildman–Crippen LogP) is 1.52. The summed E-state index contributed by atoms with van der Waals surface area (Å²) in [5.41, 5.74) is 0.355. The number of imidazole rings is 1. The molecule has 35 heavy (non-hydrogen) atoms. The van der Waals surface area contributed by atoms with Gasteiger partial charge in [0.25, 0.3) is 5.56 Å². The van der Waals surface area contributed by atoms with Crippen LogP contribution in [-0.4, -0.2) is 57.1 Å². The molecule has 2 aromatic heterocycles. The highest BCUT2D eigenvalue weighted by Crippen LogP contribution is 2.17. The maximum atomic E-state index is 13.4. The third-order valence-corrected chi connectivity index (χ3v) is 6.36. The largest absolute Gasteiger partial charge is 0.383 e. The smallest absolute Gasteiger partial charge is 0.333 e. The van der Waals surface area contributed by atoms with E-state index in [9.17, 15) is 14.4 Å². The highest BCUT2D eigenvalue weighted by atomic mass is 16.5. The van der Waals surface area contributed by atoms with Gasteiger partial charge < -0.3 is 19.4 Å². The van der Waals surface area contributed by atoms with E-state index < -0.39 is 11.2 Å². The van der Waals surface area contributed by atoms with E-state index in [-0.39, 0.29) is 36.7 Å². The maximum Gasteiger partial charge on any atom is 0.333 e. The summed E-state index contributed by atoms with van der Waals surface area (Å²) in [6.07, 6.45) is 5.55. The molecule has 1 aliphatic heterocycles. The molecule has 4 rings (SSSR count). The van der Waals surface area contributed by atoms with Crippen molar-refractivity contribution in [2.75, 3.05) is 20.3 Å². The second-order valence-electron chi connectivity index (χ2n) is 9.03. The van der Waals surface area contributed by atoms with Gasteiger partial charge in [-0.25, -0.2) is 14.3 Å². The summed E-state index contributed by atoms with van der Waals surface area (Å²) in [4.78, 5) is 44.0. The Morgan fingerprint density at radius 2 is 2.06 bits per heavy atom. The minimum Gasteiger partial charge on any atom is -0.383 e. The first-order chi connectivity index (χ1) is 17.0. The zero-order valence-corrected chi connectivity index (χ0v) is 20.3. The molecule has 1 aromatic carbocycles. The van der Waals surface area contributed by atoms with E-state index in [1.165, 1.54) is 10.9 Å². The Morgan fingerprint density at radius 1 is 1.26 bits per heavy atom. The van der Waals surface area contributed by atoms with Gasteiger partial charge in [0.1, 0.15) is 6.54 Å². The van der Waals surface area contributed by atoms with Crippen molar-refractivity contribution >= 4 is 17.1 Å². The van der Waals surface area contributed by atoms with E-state index in [2.05, 4.69) is 10.3 Å². The van der Waals surface area contributed by atoms with Crippen LogP contribution in [0.5, 0.6) is 0 Å². The van der Waals surface area contributed by atoms with Crippen molar-refractivity contribution in [3.8, 4) is 0 Å². The molecule has 1 aliphatic rings. The number of nitrogens with one attached hydrogen (secondary N) is 1. The number of nitrogens with zero attached hydrogens (tertiary/aromatic N) is 4. The van der Waals surface area contributed by atoms with Crippen molar-refractivity contribution in [3.63, 3.8) is 0 Å². The zero-order chi connectivity index (χ0) is 24.8. The van der Waals surface area contributed by atoms with Gasteiger partial charge in [0.15, 0.2) is 11.2 Å². The molecule has 0 radical (unpaired) electrons. The zero-order valence-electron chi connectivity index (χ0n) is 20.3. The number of methoxy groups -OCH3 is 1. The first-order valence-electron chi connectivity index (χ1n) is 12.1. The lowest BCUT2D eigenvalue weighted by Gasteiger charge is -2.17. The van der Waals surface area contributed by atoms with Crippen molar-refractivity contribution in [3.05, 3.63) is 63.1 Å². The summed E-state index contributed by atoms with van der Waals surface area (Å²) in [6, 6.07) is 9.37. The van der Waals surface area contributed by atoms with Crippen LogP contribution >= 0.6 is 0 Å². The van der Waals surface area contributed by atoms with Crippen LogP contribution in [0, 0.1) is 0 Å². The molecular weight excluding hydrogens is 450 g/mol. The Kier molecular flexibility index (Phi) is 8.14.